The standard InChI is InChI=1S/C16H23N3O3/c1-10-17-12-6-5-11(9-13(12)18-10)14(20)19-16(15(21)22-2)7-3-4-8-16/h11H,3-9H2,1-2H3,(H,17,18)(H,19,20). The molecule has 0 aliphatic heterocycles. The second kappa shape index (κ2) is 5.74. The molecule has 0 saturated heterocycles. The van der Waals surface area contributed by atoms with E-state index in [4.69, 9.17) is 4.74 Å². The van der Waals surface area contributed by atoms with E-state index in [2.05, 4.69) is 15.3 Å². The first-order valence-electron chi connectivity index (χ1n) is 7.99. The van der Waals surface area contributed by atoms with Gasteiger partial charge in [-0.05, 0) is 32.6 Å². The van der Waals surface area contributed by atoms with Crippen molar-refractivity contribution >= 4 is 11.9 Å². The molecule has 6 nitrogen and oxygen atoms in total. The van der Waals surface area contributed by atoms with Crippen molar-refractivity contribution in [3.8, 4) is 0 Å². The minimum Gasteiger partial charge on any atom is -0.467 e. The van der Waals surface area contributed by atoms with Gasteiger partial charge in [0, 0.05) is 18.0 Å². The van der Waals surface area contributed by atoms with Crippen molar-refractivity contribution < 1.29 is 14.3 Å². The molecule has 2 N–H and O–H groups in total. The lowest BCUT2D eigenvalue weighted by Crippen LogP contribution is -2.55. The Labute approximate surface area is 130 Å². The molecule has 1 aromatic heterocycles. The zero-order valence-electron chi connectivity index (χ0n) is 13.2. The molecule has 0 aromatic carbocycles. The third-order valence-electron chi connectivity index (χ3n) is 4.93. The molecular weight excluding hydrogens is 282 g/mol. The number of hydrogen-bond acceptors (Lipinski definition) is 4. The molecule has 0 radical (unpaired) electrons. The summed E-state index contributed by atoms with van der Waals surface area (Å²) < 4.78 is 4.92. The number of hydrogen-bond donors (Lipinski definition) is 2. The summed E-state index contributed by atoms with van der Waals surface area (Å²) in [5.74, 6) is 0.444. The molecule has 2 aliphatic carbocycles. The van der Waals surface area contributed by atoms with Crippen LogP contribution in [0.5, 0.6) is 0 Å². The topological polar surface area (TPSA) is 84.1 Å². The van der Waals surface area contributed by atoms with Crippen LogP contribution >= 0.6 is 0 Å². The molecule has 22 heavy (non-hydrogen) atoms. The molecule has 1 atom stereocenters. The van der Waals surface area contributed by atoms with Gasteiger partial charge in [-0.2, -0.15) is 0 Å². The van der Waals surface area contributed by atoms with E-state index in [1.54, 1.807) is 0 Å². The highest BCUT2D eigenvalue weighted by molar-refractivity contribution is 5.89. The molecule has 1 heterocycles. The second-order valence-electron chi connectivity index (χ2n) is 6.46. The minimum absolute atomic E-state index is 0.0368. The average Bonchev–Trinajstić information content (AvgIpc) is 3.11. The number of carbonyl (C=O) groups is 2. The quantitative estimate of drug-likeness (QED) is 0.827. The summed E-state index contributed by atoms with van der Waals surface area (Å²) in [4.78, 5) is 32.4. The summed E-state index contributed by atoms with van der Waals surface area (Å²) in [6, 6.07) is 0. The molecule has 1 saturated carbocycles. The summed E-state index contributed by atoms with van der Waals surface area (Å²) in [5.41, 5.74) is 1.32. The molecule has 0 bridgehead atoms. The number of fused-ring (bicyclic) bond motifs is 1. The fraction of sp³-hybridized carbons (Fsp3) is 0.688. The van der Waals surface area contributed by atoms with E-state index in [1.165, 1.54) is 7.11 Å². The third kappa shape index (κ3) is 2.62. The smallest absolute Gasteiger partial charge is 0.331 e. The van der Waals surface area contributed by atoms with Gasteiger partial charge >= 0.3 is 5.97 Å². The summed E-state index contributed by atoms with van der Waals surface area (Å²) in [6.45, 7) is 1.93. The number of esters is 1. The van der Waals surface area contributed by atoms with E-state index in [1.807, 2.05) is 6.92 Å². The number of rotatable bonds is 3. The van der Waals surface area contributed by atoms with Crippen molar-refractivity contribution in [2.24, 2.45) is 5.92 Å². The number of aromatic amines is 1. The van der Waals surface area contributed by atoms with Gasteiger partial charge in [0.05, 0.1) is 12.8 Å². The Bertz CT molecular complexity index is 587. The van der Waals surface area contributed by atoms with Crippen molar-refractivity contribution in [2.75, 3.05) is 7.11 Å². The fourth-order valence-corrected chi connectivity index (χ4v) is 3.74. The molecule has 1 aromatic rings. The van der Waals surface area contributed by atoms with Crippen LogP contribution in [0.25, 0.3) is 0 Å². The summed E-state index contributed by atoms with van der Waals surface area (Å²) in [5, 5.41) is 3.00. The van der Waals surface area contributed by atoms with Crippen LogP contribution < -0.4 is 5.32 Å². The van der Waals surface area contributed by atoms with Gasteiger partial charge in [-0.25, -0.2) is 9.78 Å². The van der Waals surface area contributed by atoms with E-state index in [-0.39, 0.29) is 17.8 Å². The predicted octanol–water partition coefficient (Wildman–Crippen LogP) is 1.43. The lowest BCUT2D eigenvalue weighted by atomic mass is 9.87. The van der Waals surface area contributed by atoms with Gasteiger partial charge in [-0.3, -0.25) is 4.79 Å². The average molecular weight is 305 g/mol. The van der Waals surface area contributed by atoms with Crippen molar-refractivity contribution in [1.82, 2.24) is 15.3 Å². The van der Waals surface area contributed by atoms with Gasteiger partial charge in [-0.15, -0.1) is 0 Å². The minimum atomic E-state index is -0.810. The number of H-pyrrole nitrogens is 1. The van der Waals surface area contributed by atoms with Crippen LogP contribution in [0.15, 0.2) is 0 Å². The number of nitrogens with one attached hydrogen (secondary N) is 2. The fourth-order valence-electron chi connectivity index (χ4n) is 3.74. The Morgan fingerprint density at radius 1 is 1.36 bits per heavy atom. The first-order valence-corrected chi connectivity index (χ1v) is 7.99. The number of nitrogens with zero attached hydrogens (tertiary/aromatic N) is 1. The monoisotopic (exact) mass is 305 g/mol. The number of ether oxygens (including phenoxy) is 1. The SMILES string of the molecule is COC(=O)C1(NC(=O)C2CCc3nc(C)[nH]c3C2)CCCC1. The van der Waals surface area contributed by atoms with Gasteiger partial charge in [0.15, 0.2) is 0 Å². The van der Waals surface area contributed by atoms with Crippen molar-refractivity contribution in [1.29, 1.82) is 0 Å². The lowest BCUT2D eigenvalue weighted by molar-refractivity contribution is -0.151. The van der Waals surface area contributed by atoms with Crippen molar-refractivity contribution in [3.63, 3.8) is 0 Å². The Balaban J connectivity index is 1.70. The van der Waals surface area contributed by atoms with Crippen LogP contribution in [0, 0.1) is 12.8 Å². The molecule has 1 fully saturated rings. The Hall–Kier alpha value is -1.85. The van der Waals surface area contributed by atoms with Crippen LogP contribution in [-0.4, -0.2) is 34.5 Å². The van der Waals surface area contributed by atoms with Gasteiger partial charge in [0.25, 0.3) is 0 Å². The van der Waals surface area contributed by atoms with Gasteiger partial charge in [0.2, 0.25) is 5.91 Å². The van der Waals surface area contributed by atoms with Crippen molar-refractivity contribution in [2.45, 2.75) is 57.4 Å². The Morgan fingerprint density at radius 3 is 2.77 bits per heavy atom. The van der Waals surface area contributed by atoms with Crippen LogP contribution in [0.3, 0.4) is 0 Å². The zero-order chi connectivity index (χ0) is 15.7. The number of imidazole rings is 1. The maximum atomic E-state index is 12.6. The molecule has 1 unspecified atom stereocenters. The Kier molecular flexibility index (Phi) is 3.93. The van der Waals surface area contributed by atoms with E-state index in [0.29, 0.717) is 19.3 Å². The maximum absolute atomic E-state index is 12.6. The van der Waals surface area contributed by atoms with Crippen molar-refractivity contribution in [3.05, 3.63) is 17.2 Å². The number of methoxy groups -OCH3 is 1. The van der Waals surface area contributed by atoms with E-state index >= 15 is 0 Å². The van der Waals surface area contributed by atoms with Crippen LogP contribution in [0.2, 0.25) is 0 Å². The Morgan fingerprint density at radius 2 is 2.09 bits per heavy atom. The molecule has 6 heteroatoms. The first-order chi connectivity index (χ1) is 10.5. The second-order valence-corrected chi connectivity index (χ2v) is 6.46. The molecule has 0 spiro atoms. The molecule has 3 rings (SSSR count). The highest BCUT2D eigenvalue weighted by Crippen LogP contribution is 2.32. The summed E-state index contributed by atoms with van der Waals surface area (Å²) >= 11 is 0. The molecule has 1 amide bonds. The van der Waals surface area contributed by atoms with E-state index in [0.717, 1.165) is 42.9 Å². The number of aromatic nitrogens is 2. The summed E-state index contributed by atoms with van der Waals surface area (Å²) in [6.07, 6.45) is 5.50. The van der Waals surface area contributed by atoms with Gasteiger partial charge in [-0.1, -0.05) is 12.8 Å². The normalized spacial score (nSPS) is 22.9. The van der Waals surface area contributed by atoms with E-state index < -0.39 is 5.54 Å². The predicted molar refractivity (Wildman–Crippen MR) is 80.2 cm³/mol. The van der Waals surface area contributed by atoms with Crippen LogP contribution in [-0.2, 0) is 27.2 Å². The molecule has 120 valence electrons. The largest absolute Gasteiger partial charge is 0.467 e. The number of aryl methyl sites for hydroxylation is 2. The van der Waals surface area contributed by atoms with E-state index in [9.17, 15) is 9.59 Å². The highest BCUT2D eigenvalue weighted by atomic mass is 16.5. The first kappa shape index (κ1) is 15.1. The maximum Gasteiger partial charge on any atom is 0.331 e. The molecule has 2 aliphatic rings. The summed E-state index contributed by atoms with van der Waals surface area (Å²) in [7, 11) is 1.38. The lowest BCUT2D eigenvalue weighted by Gasteiger charge is -2.30. The van der Waals surface area contributed by atoms with Crippen LogP contribution in [0.1, 0.15) is 49.3 Å². The van der Waals surface area contributed by atoms with Gasteiger partial charge in [0.1, 0.15) is 11.4 Å². The van der Waals surface area contributed by atoms with Gasteiger partial charge < -0.3 is 15.0 Å². The van der Waals surface area contributed by atoms with Crippen LogP contribution in [0.4, 0.5) is 0 Å². The number of amides is 1. The molecular formula is C16H23N3O3. The number of carbonyl (C=O) groups excluding carboxylic acids is 2. The highest BCUT2D eigenvalue weighted by Gasteiger charge is 2.44. The third-order valence-corrected chi connectivity index (χ3v) is 4.93. The zero-order valence-corrected chi connectivity index (χ0v) is 13.2.